The Morgan fingerprint density at radius 1 is 0.974 bits per heavy atom. The highest BCUT2D eigenvalue weighted by molar-refractivity contribution is 5.91. The van der Waals surface area contributed by atoms with E-state index in [0.29, 0.717) is 35.2 Å². The van der Waals surface area contributed by atoms with E-state index in [2.05, 4.69) is 5.32 Å². The van der Waals surface area contributed by atoms with Gasteiger partial charge in [0, 0.05) is 19.2 Å². The van der Waals surface area contributed by atoms with Gasteiger partial charge in [-0.05, 0) is 55.5 Å². The normalized spacial score (nSPS) is 21.6. The number of fused-ring (bicyclic) bond motifs is 1. The van der Waals surface area contributed by atoms with Gasteiger partial charge in [0.05, 0.1) is 20.3 Å². The van der Waals surface area contributed by atoms with Gasteiger partial charge in [-0.1, -0.05) is 37.5 Å². The van der Waals surface area contributed by atoms with Crippen molar-refractivity contribution in [3.05, 3.63) is 48.0 Å². The fourth-order valence-electron chi connectivity index (χ4n) is 5.68. The van der Waals surface area contributed by atoms with Gasteiger partial charge in [-0.2, -0.15) is 0 Å². The van der Waals surface area contributed by atoms with Crippen LogP contribution >= 0.6 is 0 Å². The predicted octanol–water partition coefficient (Wildman–Crippen LogP) is 4.04. The van der Waals surface area contributed by atoms with Crippen molar-refractivity contribution < 1.29 is 33.3 Å². The number of methoxy groups -OCH3 is 2. The number of benzene rings is 2. The molecular weight excluding hydrogens is 500 g/mol. The summed E-state index contributed by atoms with van der Waals surface area (Å²) in [5.41, 5.74) is 0.629. The van der Waals surface area contributed by atoms with E-state index in [0.717, 1.165) is 38.5 Å². The Labute approximate surface area is 229 Å². The highest BCUT2D eigenvalue weighted by atomic mass is 16.6. The van der Waals surface area contributed by atoms with Gasteiger partial charge in [0.1, 0.15) is 12.6 Å². The van der Waals surface area contributed by atoms with Crippen LogP contribution in [0.4, 0.5) is 0 Å². The maximum atomic E-state index is 14.2. The van der Waals surface area contributed by atoms with E-state index >= 15 is 0 Å². The molecule has 5 rings (SSSR count). The predicted molar refractivity (Wildman–Crippen MR) is 144 cm³/mol. The molecule has 3 atom stereocenters. The number of amides is 2. The second kappa shape index (κ2) is 12.6. The Bertz CT molecular complexity index is 1140. The van der Waals surface area contributed by atoms with Crippen LogP contribution in [0.5, 0.6) is 23.0 Å². The molecule has 9 nitrogen and oxygen atoms in total. The molecule has 2 heterocycles. The molecule has 0 radical (unpaired) electrons. The molecule has 1 saturated carbocycles. The minimum Gasteiger partial charge on any atom is -0.493 e. The molecular formula is C30H38N2O7. The van der Waals surface area contributed by atoms with Crippen LogP contribution in [-0.4, -0.2) is 68.9 Å². The summed E-state index contributed by atoms with van der Waals surface area (Å²) in [6, 6.07) is 11.8. The van der Waals surface area contributed by atoms with Gasteiger partial charge in [-0.15, -0.1) is 0 Å². The second-order valence-electron chi connectivity index (χ2n) is 10.4. The molecule has 3 aliphatic rings. The van der Waals surface area contributed by atoms with Gasteiger partial charge in [0.15, 0.2) is 23.0 Å². The number of carbonyl (C=O) groups excluding carboxylic acids is 2. The molecule has 210 valence electrons. The van der Waals surface area contributed by atoms with E-state index in [4.69, 9.17) is 23.7 Å². The van der Waals surface area contributed by atoms with E-state index in [-0.39, 0.29) is 37.1 Å². The zero-order chi connectivity index (χ0) is 27.2. The third-order valence-electron chi connectivity index (χ3n) is 7.73. The van der Waals surface area contributed by atoms with Crippen molar-refractivity contribution in [2.45, 2.75) is 69.2 Å². The van der Waals surface area contributed by atoms with Crippen LogP contribution in [0, 0.1) is 0 Å². The van der Waals surface area contributed by atoms with E-state index in [1.54, 1.807) is 37.3 Å². The molecule has 2 amide bonds. The lowest BCUT2D eigenvalue weighted by Gasteiger charge is -2.37. The number of ether oxygens (including phenoxy) is 5. The molecule has 0 unspecified atom stereocenters. The Kier molecular flexibility index (Phi) is 8.76. The van der Waals surface area contributed by atoms with Crippen molar-refractivity contribution in [3.63, 3.8) is 0 Å². The van der Waals surface area contributed by atoms with Crippen LogP contribution in [0.25, 0.3) is 0 Å². The zero-order valence-electron chi connectivity index (χ0n) is 22.7. The van der Waals surface area contributed by atoms with Crippen molar-refractivity contribution in [2.75, 3.05) is 34.0 Å². The number of hydrogen-bond donors (Lipinski definition) is 1. The molecule has 2 aliphatic heterocycles. The smallest absolute Gasteiger partial charge is 0.268 e. The van der Waals surface area contributed by atoms with Crippen molar-refractivity contribution in [1.29, 1.82) is 0 Å². The van der Waals surface area contributed by atoms with Crippen molar-refractivity contribution >= 4 is 11.8 Å². The average molecular weight is 539 g/mol. The summed E-state index contributed by atoms with van der Waals surface area (Å²) in [5, 5.41) is 3.24. The number of rotatable bonds is 9. The first-order chi connectivity index (χ1) is 19.1. The van der Waals surface area contributed by atoms with Crippen molar-refractivity contribution in [2.24, 2.45) is 0 Å². The van der Waals surface area contributed by atoms with E-state index in [9.17, 15) is 9.59 Å². The largest absolute Gasteiger partial charge is 0.493 e. The molecule has 2 fully saturated rings. The maximum Gasteiger partial charge on any atom is 0.268 e. The molecule has 0 bridgehead atoms. The maximum absolute atomic E-state index is 14.2. The first-order valence-corrected chi connectivity index (χ1v) is 13.9. The summed E-state index contributed by atoms with van der Waals surface area (Å²) in [6.45, 7) is 0.955. The summed E-state index contributed by atoms with van der Waals surface area (Å²) in [7, 11) is 3.12. The van der Waals surface area contributed by atoms with E-state index in [1.807, 2.05) is 24.3 Å². The molecule has 1 aliphatic carbocycles. The van der Waals surface area contributed by atoms with Crippen LogP contribution in [0.2, 0.25) is 0 Å². The molecule has 2 aromatic rings. The molecule has 1 N–H and O–H groups in total. The summed E-state index contributed by atoms with van der Waals surface area (Å²) in [6.07, 6.45) is 5.86. The van der Waals surface area contributed by atoms with Crippen molar-refractivity contribution in [3.8, 4) is 23.0 Å². The van der Waals surface area contributed by atoms with Gasteiger partial charge in [-0.25, -0.2) is 0 Å². The Morgan fingerprint density at radius 2 is 1.74 bits per heavy atom. The van der Waals surface area contributed by atoms with Gasteiger partial charge in [0.2, 0.25) is 12.0 Å². The van der Waals surface area contributed by atoms with Gasteiger partial charge >= 0.3 is 0 Å². The van der Waals surface area contributed by atoms with Crippen LogP contribution in [0.1, 0.15) is 56.6 Å². The lowest BCUT2D eigenvalue weighted by atomic mass is 9.94. The summed E-state index contributed by atoms with van der Waals surface area (Å²) < 4.78 is 28.9. The first-order valence-electron chi connectivity index (χ1n) is 13.9. The average Bonchev–Trinajstić information content (AvgIpc) is 3.50. The number of hydrogen-bond acceptors (Lipinski definition) is 7. The third-order valence-corrected chi connectivity index (χ3v) is 7.73. The second-order valence-corrected chi connectivity index (χ2v) is 10.4. The number of carbonyl (C=O) groups is 2. The molecule has 0 aromatic heterocycles. The number of para-hydroxylation sites is 2. The fraction of sp³-hybridized carbons (Fsp3) is 0.533. The summed E-state index contributed by atoms with van der Waals surface area (Å²) in [4.78, 5) is 29.9. The molecule has 9 heteroatoms. The fourth-order valence-corrected chi connectivity index (χ4v) is 5.68. The lowest BCUT2D eigenvalue weighted by Crippen LogP contribution is -2.54. The minimum atomic E-state index is -0.913. The topological polar surface area (TPSA) is 95.6 Å². The summed E-state index contributed by atoms with van der Waals surface area (Å²) in [5.74, 6) is 1.59. The minimum absolute atomic E-state index is 0.0563. The van der Waals surface area contributed by atoms with Crippen LogP contribution in [0.15, 0.2) is 42.5 Å². The lowest BCUT2D eigenvalue weighted by molar-refractivity contribution is -0.150. The van der Waals surface area contributed by atoms with Crippen molar-refractivity contribution in [1.82, 2.24) is 10.2 Å². The summed E-state index contributed by atoms with van der Waals surface area (Å²) >= 11 is 0. The van der Waals surface area contributed by atoms with Gasteiger partial charge in [-0.3, -0.25) is 9.59 Å². The van der Waals surface area contributed by atoms with E-state index < -0.39 is 12.1 Å². The number of nitrogens with zero attached hydrogens (tertiary/aromatic N) is 1. The Balaban J connectivity index is 1.50. The van der Waals surface area contributed by atoms with Crippen LogP contribution in [0.3, 0.4) is 0 Å². The zero-order valence-corrected chi connectivity index (χ0v) is 22.7. The Hall–Kier alpha value is -3.46. The quantitative estimate of drug-likeness (QED) is 0.515. The Morgan fingerprint density at radius 3 is 2.46 bits per heavy atom. The standard InChI is InChI=1S/C30H38N2O7/c1-35-23-15-14-20(17-26(23)36-2)28(29(33)31-21-9-4-3-5-10-21)32(18-22-11-8-16-37-22)30(34)27-19-38-24-12-6-7-13-25(24)39-27/h6-7,12-15,17,21-22,27-28H,3-5,8-11,16,18-19H2,1-2H3,(H,31,33)/t22-,27-,28+/m0/s1. The van der Waals surface area contributed by atoms with Crippen LogP contribution < -0.4 is 24.3 Å². The van der Waals surface area contributed by atoms with Crippen LogP contribution in [-0.2, 0) is 14.3 Å². The van der Waals surface area contributed by atoms with Gasteiger partial charge < -0.3 is 33.9 Å². The highest BCUT2D eigenvalue weighted by Crippen LogP contribution is 2.36. The highest BCUT2D eigenvalue weighted by Gasteiger charge is 2.40. The SMILES string of the molecule is COc1ccc([C@H](C(=O)NC2CCCCC2)N(C[C@@H]2CCCO2)C(=O)[C@@H]2COc3ccccc3O2)cc1OC. The molecule has 1 saturated heterocycles. The molecule has 0 spiro atoms. The first kappa shape index (κ1) is 27.1. The van der Waals surface area contributed by atoms with Gasteiger partial charge in [0.25, 0.3) is 5.91 Å². The molecule has 2 aromatic carbocycles. The van der Waals surface area contributed by atoms with E-state index in [1.165, 1.54) is 6.42 Å². The third kappa shape index (κ3) is 6.24. The molecule has 39 heavy (non-hydrogen) atoms. The number of nitrogens with one attached hydrogen (secondary N) is 1. The monoisotopic (exact) mass is 538 g/mol.